The molecular weight excluding hydrogens is 216 g/mol. The number of phenols is 1. The van der Waals surface area contributed by atoms with Gasteiger partial charge in [-0.05, 0) is 24.1 Å². The van der Waals surface area contributed by atoms with Gasteiger partial charge < -0.3 is 15.7 Å². The van der Waals surface area contributed by atoms with E-state index in [4.69, 9.17) is 5.73 Å². The van der Waals surface area contributed by atoms with Crippen LogP contribution in [-0.2, 0) is 11.3 Å². The van der Waals surface area contributed by atoms with Crippen LogP contribution in [0.25, 0.3) is 0 Å². The first-order valence-electron chi connectivity index (χ1n) is 5.80. The second-order valence-electron chi connectivity index (χ2n) is 4.29. The van der Waals surface area contributed by atoms with Crippen molar-refractivity contribution < 1.29 is 9.90 Å². The van der Waals surface area contributed by atoms with Crippen LogP contribution < -0.4 is 5.73 Å². The summed E-state index contributed by atoms with van der Waals surface area (Å²) < 4.78 is 0. The number of hydrogen-bond acceptors (Lipinski definition) is 3. The molecule has 0 heterocycles. The largest absolute Gasteiger partial charge is 0.508 e. The Hall–Kier alpha value is -1.55. The minimum Gasteiger partial charge on any atom is -0.508 e. The van der Waals surface area contributed by atoms with E-state index in [1.807, 2.05) is 13.0 Å². The summed E-state index contributed by atoms with van der Waals surface area (Å²) in [5.74, 6) is 0.247. The third-order valence-corrected chi connectivity index (χ3v) is 2.72. The maximum absolute atomic E-state index is 11.8. The predicted octanol–water partition coefficient (Wildman–Crippen LogP) is 1.48. The van der Waals surface area contributed by atoms with Crippen molar-refractivity contribution >= 4 is 5.91 Å². The number of aromatic hydroxyl groups is 1. The highest BCUT2D eigenvalue weighted by molar-refractivity contribution is 5.76. The maximum Gasteiger partial charge on any atom is 0.224 e. The van der Waals surface area contributed by atoms with Crippen LogP contribution in [0.2, 0.25) is 0 Å². The number of carbonyl (C=O) groups is 1. The molecule has 4 nitrogen and oxygen atoms in total. The van der Waals surface area contributed by atoms with Crippen LogP contribution >= 0.6 is 0 Å². The van der Waals surface area contributed by atoms with Gasteiger partial charge in [0.15, 0.2) is 0 Å². The minimum absolute atomic E-state index is 0.0303. The average Bonchev–Trinajstić information content (AvgIpc) is 2.28. The molecule has 0 radical (unpaired) electrons. The highest BCUT2D eigenvalue weighted by Gasteiger charge is 2.12. The Morgan fingerprint density at radius 1 is 1.53 bits per heavy atom. The standard InChI is InChI=1S/C13H20N2O2/c1-3-11(14)8-13(17)15(2)9-10-5-4-6-12(16)7-10/h4-7,11,16H,3,8-9,14H2,1-2H3. The highest BCUT2D eigenvalue weighted by Crippen LogP contribution is 2.13. The predicted molar refractivity (Wildman–Crippen MR) is 67.5 cm³/mol. The molecule has 1 aromatic carbocycles. The van der Waals surface area contributed by atoms with Crippen molar-refractivity contribution in [3.63, 3.8) is 0 Å². The first-order chi connectivity index (χ1) is 8.02. The zero-order chi connectivity index (χ0) is 12.8. The second-order valence-corrected chi connectivity index (χ2v) is 4.29. The number of amides is 1. The van der Waals surface area contributed by atoms with Crippen molar-refractivity contribution in [2.24, 2.45) is 5.73 Å². The first kappa shape index (κ1) is 13.5. The first-order valence-corrected chi connectivity index (χ1v) is 5.80. The summed E-state index contributed by atoms with van der Waals surface area (Å²) >= 11 is 0. The van der Waals surface area contributed by atoms with Gasteiger partial charge in [-0.1, -0.05) is 19.1 Å². The lowest BCUT2D eigenvalue weighted by Crippen LogP contribution is -2.32. The van der Waals surface area contributed by atoms with Gasteiger partial charge in [-0.3, -0.25) is 4.79 Å². The summed E-state index contributed by atoms with van der Waals surface area (Å²) in [5.41, 5.74) is 6.65. The van der Waals surface area contributed by atoms with Crippen molar-refractivity contribution in [3.05, 3.63) is 29.8 Å². The fourth-order valence-corrected chi connectivity index (χ4v) is 1.54. The Kier molecular flexibility index (Phi) is 4.97. The molecule has 0 aliphatic rings. The molecule has 1 atom stereocenters. The van der Waals surface area contributed by atoms with Gasteiger partial charge in [-0.15, -0.1) is 0 Å². The fraction of sp³-hybridized carbons (Fsp3) is 0.462. The molecule has 94 valence electrons. The van der Waals surface area contributed by atoms with E-state index in [0.717, 1.165) is 12.0 Å². The lowest BCUT2D eigenvalue weighted by atomic mass is 10.1. The lowest BCUT2D eigenvalue weighted by molar-refractivity contribution is -0.130. The van der Waals surface area contributed by atoms with E-state index < -0.39 is 0 Å². The Labute approximate surface area is 102 Å². The molecule has 1 aromatic rings. The van der Waals surface area contributed by atoms with Gasteiger partial charge in [-0.25, -0.2) is 0 Å². The van der Waals surface area contributed by atoms with Crippen LogP contribution in [0.3, 0.4) is 0 Å². The molecule has 1 amide bonds. The highest BCUT2D eigenvalue weighted by atomic mass is 16.3. The molecule has 0 aliphatic heterocycles. The van der Waals surface area contributed by atoms with Gasteiger partial charge in [-0.2, -0.15) is 0 Å². The van der Waals surface area contributed by atoms with E-state index in [-0.39, 0.29) is 17.7 Å². The van der Waals surface area contributed by atoms with E-state index in [1.165, 1.54) is 0 Å². The molecule has 0 saturated carbocycles. The average molecular weight is 236 g/mol. The zero-order valence-corrected chi connectivity index (χ0v) is 10.4. The summed E-state index contributed by atoms with van der Waals surface area (Å²) in [4.78, 5) is 13.4. The molecule has 0 bridgehead atoms. The SMILES string of the molecule is CCC(N)CC(=O)N(C)Cc1cccc(O)c1. The summed E-state index contributed by atoms with van der Waals surface area (Å²) in [6, 6.07) is 6.83. The molecule has 3 N–H and O–H groups in total. The Bertz CT molecular complexity index is 379. The molecular formula is C13H20N2O2. The van der Waals surface area contributed by atoms with Gasteiger partial charge in [0.05, 0.1) is 0 Å². The molecule has 0 fully saturated rings. The van der Waals surface area contributed by atoms with Crippen molar-refractivity contribution in [2.45, 2.75) is 32.4 Å². The van der Waals surface area contributed by atoms with E-state index in [9.17, 15) is 9.90 Å². The zero-order valence-electron chi connectivity index (χ0n) is 10.4. The fourth-order valence-electron chi connectivity index (χ4n) is 1.54. The van der Waals surface area contributed by atoms with Crippen molar-refractivity contribution in [2.75, 3.05) is 7.05 Å². The summed E-state index contributed by atoms with van der Waals surface area (Å²) in [6.07, 6.45) is 1.16. The molecule has 1 rings (SSSR count). The summed E-state index contributed by atoms with van der Waals surface area (Å²) in [5, 5.41) is 9.32. The van der Waals surface area contributed by atoms with Gasteiger partial charge in [0.1, 0.15) is 5.75 Å². The third-order valence-electron chi connectivity index (χ3n) is 2.72. The summed E-state index contributed by atoms with van der Waals surface area (Å²) in [6.45, 7) is 2.46. The summed E-state index contributed by atoms with van der Waals surface area (Å²) in [7, 11) is 1.74. The second kappa shape index (κ2) is 6.25. The van der Waals surface area contributed by atoms with E-state index in [0.29, 0.717) is 13.0 Å². The van der Waals surface area contributed by atoms with Crippen LogP contribution in [0.15, 0.2) is 24.3 Å². The monoisotopic (exact) mass is 236 g/mol. The number of nitrogens with two attached hydrogens (primary N) is 1. The van der Waals surface area contributed by atoms with Crippen molar-refractivity contribution in [1.29, 1.82) is 0 Å². The normalized spacial score (nSPS) is 12.2. The topological polar surface area (TPSA) is 66.6 Å². The van der Waals surface area contributed by atoms with Gasteiger partial charge in [0.25, 0.3) is 0 Å². The van der Waals surface area contributed by atoms with Crippen LogP contribution in [0.1, 0.15) is 25.3 Å². The number of rotatable bonds is 5. The molecule has 1 unspecified atom stereocenters. The van der Waals surface area contributed by atoms with Crippen molar-refractivity contribution in [3.8, 4) is 5.75 Å². The Balaban J connectivity index is 2.54. The van der Waals surface area contributed by atoms with E-state index in [1.54, 1.807) is 30.1 Å². The Morgan fingerprint density at radius 2 is 2.24 bits per heavy atom. The lowest BCUT2D eigenvalue weighted by Gasteiger charge is -2.19. The number of carbonyl (C=O) groups excluding carboxylic acids is 1. The van der Waals surface area contributed by atoms with Crippen LogP contribution in [0, 0.1) is 0 Å². The quantitative estimate of drug-likeness (QED) is 0.813. The molecule has 0 saturated heterocycles. The number of benzene rings is 1. The molecule has 4 heteroatoms. The molecule has 17 heavy (non-hydrogen) atoms. The van der Waals surface area contributed by atoms with Crippen LogP contribution in [0.5, 0.6) is 5.75 Å². The van der Waals surface area contributed by atoms with E-state index >= 15 is 0 Å². The molecule has 0 spiro atoms. The molecule has 0 aromatic heterocycles. The van der Waals surface area contributed by atoms with Crippen molar-refractivity contribution in [1.82, 2.24) is 4.90 Å². The van der Waals surface area contributed by atoms with Crippen LogP contribution in [-0.4, -0.2) is 29.0 Å². The minimum atomic E-state index is -0.0749. The maximum atomic E-state index is 11.8. The Morgan fingerprint density at radius 3 is 2.82 bits per heavy atom. The smallest absolute Gasteiger partial charge is 0.224 e. The molecule has 0 aliphatic carbocycles. The third kappa shape index (κ3) is 4.44. The van der Waals surface area contributed by atoms with Gasteiger partial charge >= 0.3 is 0 Å². The number of hydrogen-bond donors (Lipinski definition) is 2. The van der Waals surface area contributed by atoms with Crippen LogP contribution in [0.4, 0.5) is 0 Å². The van der Waals surface area contributed by atoms with E-state index in [2.05, 4.69) is 0 Å². The number of phenolic OH excluding ortho intramolecular Hbond substituents is 1. The number of nitrogens with zero attached hydrogens (tertiary/aromatic N) is 1. The van der Waals surface area contributed by atoms with Gasteiger partial charge in [0, 0.05) is 26.1 Å². The van der Waals surface area contributed by atoms with Gasteiger partial charge in [0.2, 0.25) is 5.91 Å².